The second-order valence-corrected chi connectivity index (χ2v) is 12.8. The fraction of sp³-hybridized carbons (Fsp3) is 1.00. The van der Waals surface area contributed by atoms with E-state index in [0.717, 1.165) is 12.8 Å². The molecule has 0 aliphatic heterocycles. The third-order valence-electron chi connectivity index (χ3n) is 7.90. The highest BCUT2D eigenvalue weighted by Gasteiger charge is 2.06. The number of rotatable bonds is 34. The van der Waals surface area contributed by atoms with Gasteiger partial charge >= 0.3 is 8.60 Å². The van der Waals surface area contributed by atoms with Crippen molar-refractivity contribution in [3.8, 4) is 0 Å². The molecule has 0 aromatic heterocycles. The van der Waals surface area contributed by atoms with Gasteiger partial charge in [0.25, 0.3) is 0 Å². The lowest BCUT2D eigenvalue weighted by Crippen LogP contribution is -1.95. The number of hydrogen-bond acceptors (Lipinski definition) is 3. The van der Waals surface area contributed by atoms with E-state index in [2.05, 4.69) is 13.8 Å². The minimum atomic E-state index is -1.67. The summed E-state index contributed by atoms with van der Waals surface area (Å²) in [6, 6.07) is 0. The van der Waals surface area contributed by atoms with Gasteiger partial charge < -0.3 is 13.9 Å². The molecular formula is C34H71O3P. The first kappa shape index (κ1) is 38.3. The summed E-state index contributed by atoms with van der Waals surface area (Å²) in [4.78, 5) is 9.90. The maximum absolute atomic E-state index is 9.90. The van der Waals surface area contributed by atoms with Gasteiger partial charge in [-0.25, -0.2) is 0 Å². The Morgan fingerprint density at radius 3 is 0.711 bits per heavy atom. The van der Waals surface area contributed by atoms with Crippen LogP contribution in [0.1, 0.15) is 206 Å². The monoisotopic (exact) mass is 559 g/mol. The third-order valence-corrected chi connectivity index (χ3v) is 8.71. The molecule has 0 radical (unpaired) electrons. The van der Waals surface area contributed by atoms with Crippen molar-refractivity contribution in [2.45, 2.75) is 206 Å². The van der Waals surface area contributed by atoms with Gasteiger partial charge in [-0.15, -0.1) is 0 Å². The first-order valence-electron chi connectivity index (χ1n) is 17.6. The Morgan fingerprint density at radius 1 is 0.316 bits per heavy atom. The summed E-state index contributed by atoms with van der Waals surface area (Å²) >= 11 is 0. The molecule has 0 atom stereocenters. The molecule has 3 nitrogen and oxygen atoms in total. The van der Waals surface area contributed by atoms with Gasteiger partial charge in [0.15, 0.2) is 0 Å². The summed E-state index contributed by atoms with van der Waals surface area (Å²) < 4.78 is 11.0. The summed E-state index contributed by atoms with van der Waals surface area (Å²) in [5.41, 5.74) is 0. The predicted molar refractivity (Wildman–Crippen MR) is 171 cm³/mol. The molecule has 38 heavy (non-hydrogen) atoms. The zero-order valence-electron chi connectivity index (χ0n) is 26.3. The number of hydrogen-bond donors (Lipinski definition) is 1. The summed E-state index contributed by atoms with van der Waals surface area (Å²) in [5.74, 6) is 0. The lowest BCUT2D eigenvalue weighted by atomic mass is 10.0. The van der Waals surface area contributed by atoms with E-state index in [0.29, 0.717) is 13.2 Å². The van der Waals surface area contributed by atoms with Gasteiger partial charge in [0.05, 0.1) is 13.2 Å². The first-order valence-corrected chi connectivity index (χ1v) is 18.7. The Morgan fingerprint density at radius 2 is 0.500 bits per heavy atom. The number of unbranched alkanes of at least 4 members (excludes halogenated alkanes) is 28. The average molecular weight is 559 g/mol. The van der Waals surface area contributed by atoms with Crippen LogP contribution in [0.2, 0.25) is 0 Å². The lowest BCUT2D eigenvalue weighted by molar-refractivity contribution is 0.193. The van der Waals surface area contributed by atoms with Gasteiger partial charge in [0.1, 0.15) is 0 Å². The van der Waals surface area contributed by atoms with Crippen molar-refractivity contribution in [1.82, 2.24) is 0 Å². The van der Waals surface area contributed by atoms with Gasteiger partial charge in [-0.3, -0.25) is 0 Å². The normalized spacial score (nSPS) is 11.7. The molecule has 0 fully saturated rings. The molecular weight excluding hydrogens is 487 g/mol. The molecule has 0 heterocycles. The van der Waals surface area contributed by atoms with Gasteiger partial charge in [-0.1, -0.05) is 194 Å². The highest BCUT2D eigenvalue weighted by molar-refractivity contribution is 7.40. The molecule has 0 rings (SSSR count). The lowest BCUT2D eigenvalue weighted by Gasteiger charge is -2.10. The molecule has 0 saturated heterocycles. The first-order chi connectivity index (χ1) is 18.8. The molecule has 4 heteroatoms. The molecule has 0 aliphatic carbocycles. The van der Waals surface area contributed by atoms with E-state index in [1.165, 1.54) is 180 Å². The maximum atomic E-state index is 9.90. The van der Waals surface area contributed by atoms with Gasteiger partial charge in [-0.05, 0) is 12.8 Å². The van der Waals surface area contributed by atoms with Crippen LogP contribution in [-0.2, 0) is 9.05 Å². The average Bonchev–Trinajstić information content (AvgIpc) is 2.92. The zero-order valence-corrected chi connectivity index (χ0v) is 27.2. The van der Waals surface area contributed by atoms with Crippen LogP contribution >= 0.6 is 8.60 Å². The van der Waals surface area contributed by atoms with E-state index >= 15 is 0 Å². The van der Waals surface area contributed by atoms with Gasteiger partial charge in [0, 0.05) is 0 Å². The van der Waals surface area contributed by atoms with Crippen LogP contribution in [0.4, 0.5) is 0 Å². The predicted octanol–water partition coefficient (Wildman–Crippen LogP) is 13.0. The van der Waals surface area contributed by atoms with E-state index in [1.807, 2.05) is 0 Å². The zero-order chi connectivity index (χ0) is 27.6. The van der Waals surface area contributed by atoms with Crippen molar-refractivity contribution in [2.24, 2.45) is 0 Å². The topological polar surface area (TPSA) is 38.7 Å². The molecule has 0 aromatic carbocycles. The van der Waals surface area contributed by atoms with Crippen LogP contribution in [-0.4, -0.2) is 18.1 Å². The second kappa shape index (κ2) is 35.3. The SMILES string of the molecule is CCCCCCCCCCCCCCCCCOP(O)OCCCCCCCCCCCCCCCCC. The summed E-state index contributed by atoms with van der Waals surface area (Å²) in [6.45, 7) is 5.85. The molecule has 0 aromatic rings. The summed E-state index contributed by atoms with van der Waals surface area (Å²) in [6.07, 6.45) is 41.0. The largest absolute Gasteiger partial charge is 0.329 e. The molecule has 0 bridgehead atoms. The van der Waals surface area contributed by atoms with Crippen LogP contribution in [0, 0.1) is 0 Å². The maximum Gasteiger partial charge on any atom is 0.329 e. The van der Waals surface area contributed by atoms with E-state index in [9.17, 15) is 4.89 Å². The van der Waals surface area contributed by atoms with Crippen molar-refractivity contribution in [3.05, 3.63) is 0 Å². The van der Waals surface area contributed by atoms with Crippen LogP contribution in [0.15, 0.2) is 0 Å². The van der Waals surface area contributed by atoms with Crippen LogP contribution in [0.25, 0.3) is 0 Å². The second-order valence-electron chi connectivity index (χ2n) is 11.8. The minimum Gasteiger partial charge on any atom is -0.328 e. The molecule has 0 saturated carbocycles. The van der Waals surface area contributed by atoms with Crippen molar-refractivity contribution >= 4 is 8.60 Å². The minimum absolute atomic E-state index is 0.638. The standard InChI is InChI=1S/C34H71O3P/c1-3-5-7-9-11-13-15-17-19-21-23-25-27-29-31-33-36-38(35)37-34-32-30-28-26-24-22-20-18-16-14-12-10-8-6-4-2/h35H,3-34H2,1-2H3. The quantitative estimate of drug-likeness (QED) is 0.0630. The van der Waals surface area contributed by atoms with Crippen LogP contribution < -0.4 is 0 Å². The fourth-order valence-corrected chi connectivity index (χ4v) is 5.91. The Labute approximate surface area is 242 Å². The van der Waals surface area contributed by atoms with Crippen molar-refractivity contribution < 1.29 is 13.9 Å². The molecule has 0 spiro atoms. The molecule has 0 unspecified atom stereocenters. The highest BCUT2D eigenvalue weighted by Crippen LogP contribution is 2.33. The van der Waals surface area contributed by atoms with Gasteiger partial charge in [0.2, 0.25) is 0 Å². The third kappa shape index (κ3) is 34.3. The smallest absolute Gasteiger partial charge is 0.328 e. The van der Waals surface area contributed by atoms with E-state index in [-0.39, 0.29) is 0 Å². The molecule has 230 valence electrons. The van der Waals surface area contributed by atoms with E-state index < -0.39 is 8.60 Å². The Bertz CT molecular complexity index is 371. The summed E-state index contributed by atoms with van der Waals surface area (Å²) in [7, 11) is -1.67. The molecule has 0 amide bonds. The van der Waals surface area contributed by atoms with Crippen LogP contribution in [0.3, 0.4) is 0 Å². The van der Waals surface area contributed by atoms with Crippen molar-refractivity contribution in [3.63, 3.8) is 0 Å². The fourth-order valence-electron chi connectivity index (χ4n) is 5.27. The Hall–Kier alpha value is 0.310. The van der Waals surface area contributed by atoms with Crippen molar-refractivity contribution in [1.29, 1.82) is 0 Å². The Kier molecular flexibility index (Phi) is 35.6. The van der Waals surface area contributed by atoms with Gasteiger partial charge in [-0.2, -0.15) is 0 Å². The molecule has 1 N–H and O–H groups in total. The Balaban J connectivity index is 3.13. The van der Waals surface area contributed by atoms with E-state index in [1.54, 1.807) is 0 Å². The molecule has 0 aliphatic rings. The van der Waals surface area contributed by atoms with Crippen molar-refractivity contribution in [2.75, 3.05) is 13.2 Å². The van der Waals surface area contributed by atoms with Crippen LogP contribution in [0.5, 0.6) is 0 Å². The summed E-state index contributed by atoms with van der Waals surface area (Å²) in [5, 5.41) is 0. The highest BCUT2D eigenvalue weighted by atomic mass is 31.2. The van der Waals surface area contributed by atoms with E-state index in [4.69, 9.17) is 9.05 Å².